The van der Waals surface area contributed by atoms with E-state index in [0.29, 0.717) is 6.61 Å². The molecule has 1 saturated heterocycles. The molecule has 1 fully saturated rings. The highest BCUT2D eigenvalue weighted by Gasteiger charge is 2.40. The van der Waals surface area contributed by atoms with Gasteiger partial charge < -0.3 is 24.8 Å². The van der Waals surface area contributed by atoms with Crippen LogP contribution in [-0.4, -0.2) is 59.6 Å². The van der Waals surface area contributed by atoms with Gasteiger partial charge in [-0.2, -0.15) is 0 Å². The summed E-state index contributed by atoms with van der Waals surface area (Å²) in [6.07, 6.45) is 8.17. The molecule has 1 heterocycles. The average molecular weight is 302 g/mol. The lowest BCUT2D eigenvalue weighted by Gasteiger charge is -2.20. The minimum Gasteiger partial charge on any atom is -0.394 e. The monoisotopic (exact) mass is 302 g/mol. The Kier molecular flexibility index (Phi) is 9.87. The molecule has 1 rings (SSSR count). The van der Waals surface area contributed by atoms with Crippen LogP contribution in [0.15, 0.2) is 12.2 Å². The van der Waals surface area contributed by atoms with Gasteiger partial charge in [-0.3, -0.25) is 0 Å². The molecule has 0 bridgehead atoms. The van der Waals surface area contributed by atoms with Crippen molar-refractivity contribution in [3.05, 3.63) is 12.2 Å². The van der Waals surface area contributed by atoms with Crippen molar-refractivity contribution < 1.29 is 24.8 Å². The molecule has 0 amide bonds. The van der Waals surface area contributed by atoms with E-state index in [-0.39, 0.29) is 6.61 Å². The van der Waals surface area contributed by atoms with E-state index >= 15 is 0 Å². The minimum absolute atomic E-state index is 0.270. The number of hydrogen-bond donors (Lipinski definition) is 3. The van der Waals surface area contributed by atoms with Crippen LogP contribution in [0.25, 0.3) is 0 Å². The van der Waals surface area contributed by atoms with Crippen molar-refractivity contribution in [3.8, 4) is 0 Å². The van der Waals surface area contributed by atoms with Gasteiger partial charge in [-0.25, -0.2) is 0 Å². The Balaban J connectivity index is 2.01. The van der Waals surface area contributed by atoms with Crippen LogP contribution in [-0.2, 0) is 9.47 Å². The van der Waals surface area contributed by atoms with Crippen molar-refractivity contribution in [2.45, 2.75) is 69.9 Å². The summed E-state index contributed by atoms with van der Waals surface area (Å²) in [6.45, 7) is 2.50. The van der Waals surface area contributed by atoms with E-state index in [1.807, 2.05) is 6.92 Å². The van der Waals surface area contributed by atoms with Gasteiger partial charge in [-0.1, -0.05) is 31.4 Å². The van der Waals surface area contributed by atoms with Crippen molar-refractivity contribution in [2.24, 2.45) is 0 Å². The Labute approximate surface area is 127 Å². The molecule has 5 nitrogen and oxygen atoms in total. The zero-order valence-electron chi connectivity index (χ0n) is 13.0. The Morgan fingerprint density at radius 3 is 2.67 bits per heavy atom. The molecular weight excluding hydrogens is 272 g/mol. The van der Waals surface area contributed by atoms with Crippen molar-refractivity contribution in [2.75, 3.05) is 19.8 Å². The molecule has 0 unspecified atom stereocenters. The number of rotatable bonds is 11. The van der Waals surface area contributed by atoms with Crippen LogP contribution in [0.4, 0.5) is 0 Å². The molecule has 21 heavy (non-hydrogen) atoms. The van der Waals surface area contributed by atoms with Gasteiger partial charge >= 0.3 is 0 Å². The molecule has 0 aliphatic carbocycles. The number of unbranched alkanes of at least 4 members (excludes halogenated alkanes) is 5. The van der Waals surface area contributed by atoms with Gasteiger partial charge in [0.25, 0.3) is 0 Å². The number of allylic oxidation sites excluding steroid dienone is 2. The van der Waals surface area contributed by atoms with E-state index in [0.717, 1.165) is 19.3 Å². The topological polar surface area (TPSA) is 79.2 Å². The van der Waals surface area contributed by atoms with Crippen molar-refractivity contribution in [3.63, 3.8) is 0 Å². The van der Waals surface area contributed by atoms with Gasteiger partial charge in [0.15, 0.2) is 0 Å². The summed E-state index contributed by atoms with van der Waals surface area (Å²) in [5.41, 5.74) is 0. The quantitative estimate of drug-likeness (QED) is 0.397. The molecule has 0 saturated carbocycles. The lowest BCUT2D eigenvalue weighted by atomic mass is 10.1. The van der Waals surface area contributed by atoms with Crippen LogP contribution in [0.1, 0.15) is 45.4 Å². The third-order valence-electron chi connectivity index (χ3n) is 3.82. The molecular formula is C16H30O5. The molecule has 0 aromatic carbocycles. The summed E-state index contributed by atoms with van der Waals surface area (Å²) in [4.78, 5) is 0. The molecule has 5 heteroatoms. The lowest BCUT2D eigenvalue weighted by Crippen LogP contribution is -2.41. The first-order valence-electron chi connectivity index (χ1n) is 8.02. The Morgan fingerprint density at radius 2 is 1.95 bits per heavy atom. The Bertz CT molecular complexity index is 282. The first kappa shape index (κ1) is 18.6. The zero-order valence-corrected chi connectivity index (χ0v) is 13.0. The second-order valence-corrected chi connectivity index (χ2v) is 5.57. The molecule has 1 aliphatic rings. The predicted molar refractivity (Wildman–Crippen MR) is 81.1 cm³/mol. The second kappa shape index (κ2) is 11.2. The molecule has 4 atom stereocenters. The molecule has 3 N–H and O–H groups in total. The highest BCUT2D eigenvalue weighted by atomic mass is 16.6. The van der Waals surface area contributed by atoms with E-state index in [2.05, 4.69) is 12.2 Å². The van der Waals surface area contributed by atoms with Gasteiger partial charge in [0.1, 0.15) is 24.4 Å². The fourth-order valence-electron chi connectivity index (χ4n) is 2.50. The minimum atomic E-state index is -1.05. The number of ether oxygens (including phenoxy) is 2. The van der Waals surface area contributed by atoms with Crippen molar-refractivity contribution >= 4 is 0 Å². The highest BCUT2D eigenvalue weighted by molar-refractivity contribution is 4.88. The molecule has 0 aromatic heterocycles. The van der Waals surface area contributed by atoms with E-state index < -0.39 is 31.0 Å². The van der Waals surface area contributed by atoms with E-state index in [1.165, 1.54) is 19.3 Å². The van der Waals surface area contributed by atoms with Crippen molar-refractivity contribution in [1.29, 1.82) is 0 Å². The molecule has 1 aliphatic heterocycles. The fourth-order valence-corrected chi connectivity index (χ4v) is 2.50. The smallest absolute Gasteiger partial charge is 0.114 e. The van der Waals surface area contributed by atoms with Gasteiger partial charge in [0, 0.05) is 6.61 Å². The first-order valence-corrected chi connectivity index (χ1v) is 8.02. The number of aliphatic hydroxyl groups is 3. The molecule has 0 spiro atoms. The van der Waals surface area contributed by atoms with Crippen LogP contribution in [0, 0.1) is 0 Å². The summed E-state index contributed by atoms with van der Waals surface area (Å²) in [6, 6.07) is 0. The normalized spacial score (nSPS) is 27.5. The standard InChI is InChI=1S/C16H30O5/c1-2-3-4-5-6-7-8-9-10-20-14-12-21-16(15(14)19)13(18)11-17/h2-3,13-19H,4-12H2,1H3/b3-2+/t13-,14+,15-,16-/m1/s1. The van der Waals surface area contributed by atoms with Crippen LogP contribution in [0.5, 0.6) is 0 Å². The van der Waals surface area contributed by atoms with Gasteiger partial charge in [-0.15, -0.1) is 0 Å². The first-order chi connectivity index (χ1) is 10.2. The fraction of sp³-hybridized carbons (Fsp3) is 0.875. The van der Waals surface area contributed by atoms with Crippen LogP contribution >= 0.6 is 0 Å². The summed E-state index contributed by atoms with van der Waals surface area (Å²) in [5.74, 6) is 0. The molecule has 0 aromatic rings. The van der Waals surface area contributed by atoms with Gasteiger partial charge in [0.05, 0.1) is 13.2 Å². The summed E-state index contributed by atoms with van der Waals surface area (Å²) in [7, 11) is 0. The summed E-state index contributed by atoms with van der Waals surface area (Å²) < 4.78 is 10.9. The largest absolute Gasteiger partial charge is 0.394 e. The summed E-state index contributed by atoms with van der Waals surface area (Å²) >= 11 is 0. The highest BCUT2D eigenvalue weighted by Crippen LogP contribution is 2.20. The van der Waals surface area contributed by atoms with Crippen LogP contribution in [0.2, 0.25) is 0 Å². The maximum atomic E-state index is 9.95. The third-order valence-corrected chi connectivity index (χ3v) is 3.82. The van der Waals surface area contributed by atoms with Crippen LogP contribution in [0.3, 0.4) is 0 Å². The zero-order chi connectivity index (χ0) is 15.5. The van der Waals surface area contributed by atoms with Gasteiger partial charge in [0.2, 0.25) is 0 Å². The average Bonchev–Trinajstić information content (AvgIpc) is 2.86. The summed E-state index contributed by atoms with van der Waals surface area (Å²) in [5, 5.41) is 28.3. The maximum absolute atomic E-state index is 9.95. The van der Waals surface area contributed by atoms with E-state index in [4.69, 9.17) is 14.6 Å². The van der Waals surface area contributed by atoms with Gasteiger partial charge in [-0.05, 0) is 26.2 Å². The van der Waals surface area contributed by atoms with Crippen LogP contribution < -0.4 is 0 Å². The van der Waals surface area contributed by atoms with Crippen molar-refractivity contribution in [1.82, 2.24) is 0 Å². The SMILES string of the molecule is C/C=C/CCCCCCCO[C@H]1CO[C@H]([C@H](O)CO)[C@@H]1O. The Morgan fingerprint density at radius 1 is 1.24 bits per heavy atom. The molecule has 124 valence electrons. The lowest BCUT2D eigenvalue weighted by molar-refractivity contribution is -0.0730. The number of hydrogen-bond acceptors (Lipinski definition) is 5. The third kappa shape index (κ3) is 6.89. The molecule has 0 radical (unpaired) electrons. The number of aliphatic hydroxyl groups excluding tert-OH is 3. The predicted octanol–water partition coefficient (Wildman–Crippen LogP) is 1.40. The van der Waals surface area contributed by atoms with E-state index in [9.17, 15) is 10.2 Å². The van der Waals surface area contributed by atoms with E-state index in [1.54, 1.807) is 0 Å². The second-order valence-electron chi connectivity index (χ2n) is 5.57. The Hall–Kier alpha value is -0.460. The maximum Gasteiger partial charge on any atom is 0.114 e.